The Morgan fingerprint density at radius 1 is 0.674 bits per heavy atom. The SMILES string of the molecule is O=S(=O)(c1ccccc1)n1c(Cc2ccccc2F)cc2c(Br)ccnc21.O=S(=O)(c1ccccc1)n1ccc2c(Br)ccnc21.[2H][2H].[2H][2H].[2H][2H].[2H][2H].[2H][2H]. The molecular weight excluding hydrogens is 759 g/mol. The maximum atomic E-state index is 14.2. The number of hydrogen-bond donors (Lipinski definition) is 0. The normalized spacial score (nSPS) is 12.7. The van der Waals surface area contributed by atoms with Gasteiger partial charge in [0.1, 0.15) is 5.82 Å². The summed E-state index contributed by atoms with van der Waals surface area (Å²) < 4.78 is 120. The summed E-state index contributed by atoms with van der Waals surface area (Å²) in [5, 5.41) is 1.42. The molecule has 0 amide bonds. The van der Waals surface area contributed by atoms with Crippen molar-refractivity contribution in [2.24, 2.45) is 0 Å². The minimum Gasteiger partial charge on any atom is -0.237 e. The molecule has 3 aromatic carbocycles. The molecule has 0 aliphatic heterocycles. The van der Waals surface area contributed by atoms with E-state index in [1.54, 1.807) is 97.2 Å². The Labute approximate surface area is 297 Å². The molecule has 0 bridgehead atoms. The number of fused-ring (bicyclic) bond motifs is 2. The van der Waals surface area contributed by atoms with Crippen LogP contribution in [0.15, 0.2) is 147 Å². The Hall–Kier alpha value is -4.17. The summed E-state index contributed by atoms with van der Waals surface area (Å²) in [7, 11) is -7.50. The molecule has 0 saturated heterocycles. The fraction of sp³-hybridized carbons (Fsp3) is 0.0303. The molecule has 0 unspecified atom stereocenters. The quantitative estimate of drug-likeness (QED) is 0.166. The van der Waals surface area contributed by atoms with Crippen LogP contribution in [0.1, 0.15) is 26.1 Å². The average molecular weight is 803 g/mol. The van der Waals surface area contributed by atoms with Gasteiger partial charge in [-0.25, -0.2) is 39.1 Å². The third-order valence-corrected chi connectivity index (χ3v) is 11.9. The number of benzene rings is 3. The van der Waals surface area contributed by atoms with Gasteiger partial charge in [0.2, 0.25) is 0 Å². The summed E-state index contributed by atoms with van der Waals surface area (Å²) in [6.07, 6.45) is 4.76. The molecule has 0 aliphatic rings. The summed E-state index contributed by atoms with van der Waals surface area (Å²) in [4.78, 5) is 8.82. The van der Waals surface area contributed by atoms with Crippen LogP contribution in [0.25, 0.3) is 22.1 Å². The molecule has 0 aliphatic carbocycles. The van der Waals surface area contributed by atoms with Crippen molar-refractivity contribution in [3.63, 3.8) is 0 Å². The second-order valence-corrected chi connectivity index (χ2v) is 15.3. The molecule has 0 spiro atoms. The first-order chi connectivity index (χ1) is 27.1. The van der Waals surface area contributed by atoms with Gasteiger partial charge in [-0.2, -0.15) is 0 Å². The van der Waals surface area contributed by atoms with Gasteiger partial charge in [-0.15, -0.1) is 0 Å². The minimum atomic E-state index is -3.89. The van der Waals surface area contributed by atoms with E-state index in [1.807, 2.05) is 0 Å². The van der Waals surface area contributed by atoms with Gasteiger partial charge in [0.15, 0.2) is 11.3 Å². The second kappa shape index (κ2) is 12.9. The summed E-state index contributed by atoms with van der Waals surface area (Å²) >= 11 is 6.83. The van der Waals surface area contributed by atoms with Crippen molar-refractivity contribution in [3.05, 3.63) is 154 Å². The first kappa shape index (κ1) is 26.0. The number of hydrogen-bond acceptors (Lipinski definition) is 6. The van der Waals surface area contributed by atoms with Crippen molar-refractivity contribution in [2.45, 2.75) is 16.2 Å². The van der Waals surface area contributed by atoms with Gasteiger partial charge in [0.05, 0.1) is 9.79 Å². The van der Waals surface area contributed by atoms with Crippen LogP contribution in [0.4, 0.5) is 4.39 Å². The average Bonchev–Trinajstić information content (AvgIpc) is 3.88. The van der Waals surface area contributed by atoms with Gasteiger partial charge in [-0.05, 0) is 92.0 Å². The van der Waals surface area contributed by atoms with Crippen molar-refractivity contribution in [2.75, 3.05) is 0 Å². The summed E-state index contributed by atoms with van der Waals surface area (Å²) in [5.41, 5.74) is 1.58. The van der Waals surface area contributed by atoms with E-state index in [1.165, 1.54) is 38.5 Å². The van der Waals surface area contributed by atoms with Crippen LogP contribution in [0.5, 0.6) is 0 Å². The van der Waals surface area contributed by atoms with E-state index in [-0.39, 0.29) is 22.0 Å². The van der Waals surface area contributed by atoms with E-state index in [2.05, 4.69) is 41.8 Å². The molecule has 0 radical (unpaired) electrons. The van der Waals surface area contributed by atoms with Crippen molar-refractivity contribution in [3.8, 4) is 0 Å². The van der Waals surface area contributed by atoms with Crippen LogP contribution in [0.2, 0.25) is 0 Å². The maximum Gasteiger partial charge on any atom is 0.269 e. The van der Waals surface area contributed by atoms with Crippen molar-refractivity contribution < 1.29 is 36.1 Å². The highest BCUT2D eigenvalue weighted by Gasteiger charge is 2.25. The van der Waals surface area contributed by atoms with E-state index in [4.69, 9.17) is 14.8 Å². The first-order valence-electron chi connectivity index (χ1n) is 18.7. The maximum absolute atomic E-state index is 14.2. The lowest BCUT2D eigenvalue weighted by Crippen LogP contribution is -2.16. The molecule has 4 aromatic heterocycles. The van der Waals surface area contributed by atoms with Crippen LogP contribution in [-0.4, -0.2) is 34.7 Å². The zero-order valence-electron chi connectivity index (χ0n) is 33.7. The summed E-state index contributed by atoms with van der Waals surface area (Å²) in [6, 6.07) is 29.8. The summed E-state index contributed by atoms with van der Waals surface area (Å²) in [6.45, 7) is 0. The Kier molecular flexibility index (Phi) is 7.29. The molecule has 0 fully saturated rings. The zero-order chi connectivity index (χ0) is 42.5. The van der Waals surface area contributed by atoms with Gasteiger partial charge in [-0.1, -0.05) is 54.6 Å². The third-order valence-electron chi connectivity index (χ3n) is 7.09. The van der Waals surface area contributed by atoms with E-state index in [0.29, 0.717) is 27.9 Å². The molecule has 0 atom stereocenters. The first-order valence-corrected chi connectivity index (χ1v) is 18.2. The summed E-state index contributed by atoms with van der Waals surface area (Å²) in [5.74, 6) is -0.376. The van der Waals surface area contributed by atoms with Crippen molar-refractivity contribution >= 4 is 74.0 Å². The van der Waals surface area contributed by atoms with Gasteiger partial charge in [0.25, 0.3) is 20.0 Å². The molecule has 7 aromatic rings. The largest absolute Gasteiger partial charge is 0.269 e. The van der Waals surface area contributed by atoms with Crippen LogP contribution < -0.4 is 0 Å². The lowest BCUT2D eigenvalue weighted by atomic mass is 10.1. The van der Waals surface area contributed by atoms with E-state index in [9.17, 15) is 21.2 Å². The number of pyridine rings is 2. The lowest BCUT2D eigenvalue weighted by Gasteiger charge is -2.12. The monoisotopic (exact) mass is 800 g/mol. The highest BCUT2D eigenvalue weighted by molar-refractivity contribution is 9.11. The topological polar surface area (TPSA) is 104 Å². The molecule has 0 saturated carbocycles. The number of halogens is 3. The molecule has 8 nitrogen and oxygen atoms in total. The molecule has 46 heavy (non-hydrogen) atoms. The number of aromatic nitrogens is 4. The van der Waals surface area contributed by atoms with Crippen LogP contribution >= 0.6 is 31.9 Å². The van der Waals surface area contributed by atoms with Crippen LogP contribution in [-0.2, 0) is 26.5 Å². The van der Waals surface area contributed by atoms with Gasteiger partial charge >= 0.3 is 0 Å². The smallest absolute Gasteiger partial charge is 0.237 e. The molecule has 7 rings (SSSR count). The number of nitrogens with zero attached hydrogens (tertiary/aromatic N) is 4. The van der Waals surface area contributed by atoms with Gasteiger partial charge < -0.3 is 0 Å². The third kappa shape index (κ3) is 6.03. The van der Waals surface area contributed by atoms with E-state index >= 15 is 0 Å². The fourth-order valence-corrected chi connectivity index (χ4v) is 8.58. The second-order valence-electron chi connectivity index (χ2n) is 9.98. The Balaban J connectivity index is 0.000000475. The molecule has 242 valence electrons. The van der Waals surface area contributed by atoms with Gasteiger partial charge in [0, 0.05) is 65.3 Å². The van der Waals surface area contributed by atoms with Crippen LogP contribution in [0.3, 0.4) is 0 Å². The van der Waals surface area contributed by atoms with Crippen molar-refractivity contribution in [1.82, 2.24) is 17.9 Å². The lowest BCUT2D eigenvalue weighted by molar-refractivity contribution is 0.585. The van der Waals surface area contributed by atoms with Gasteiger partial charge in [-0.3, -0.25) is 0 Å². The molecular formula is C33H33Br2FN4O4S2. The highest BCUT2D eigenvalue weighted by atomic mass is 79.9. The van der Waals surface area contributed by atoms with Crippen LogP contribution in [0, 0.1) is 5.82 Å². The number of rotatable bonds is 6. The zero-order valence-corrected chi connectivity index (χ0v) is 28.5. The minimum absolute atomic E-state index is 0.127. The van der Waals surface area contributed by atoms with E-state index in [0.717, 1.165) is 14.3 Å². The molecule has 4 heterocycles. The fourth-order valence-electron chi connectivity index (χ4n) is 4.90. The Morgan fingerprint density at radius 2 is 1.22 bits per heavy atom. The van der Waals surface area contributed by atoms with Crippen molar-refractivity contribution in [1.29, 1.82) is 0 Å². The Morgan fingerprint density at radius 3 is 1.85 bits per heavy atom. The molecule has 13 heteroatoms. The predicted octanol–water partition coefficient (Wildman–Crippen LogP) is 9.03. The predicted molar refractivity (Wildman–Crippen MR) is 193 cm³/mol. The molecule has 0 N–H and O–H groups in total. The highest BCUT2D eigenvalue weighted by Crippen LogP contribution is 2.31. The standard InChI is InChI=1S/C20H14BrFN2O2S.C13H9BrN2O2S.5H2/c21-18-10-11-23-20-17(18)13-15(12-14-6-4-5-9-19(14)22)24(20)27(25,26)16-7-2-1-3-8-16;14-12-6-8-15-13-11(12)7-9-16(13)19(17,18)10-4-2-1-3-5-10;;;;;/h1-11,13H,12H2;1-9H;5*1H/i;;5*1+1D. The van der Waals surface area contributed by atoms with E-state index < -0.39 is 20.0 Å². The Bertz CT molecular complexity index is 2450.